The maximum absolute atomic E-state index is 12.5. The summed E-state index contributed by atoms with van der Waals surface area (Å²) in [7, 11) is 1.73. The molecule has 0 aliphatic carbocycles. The van der Waals surface area contributed by atoms with Crippen molar-refractivity contribution in [2.45, 2.75) is 19.1 Å². The van der Waals surface area contributed by atoms with E-state index in [0.717, 1.165) is 39.4 Å². The van der Waals surface area contributed by atoms with Crippen molar-refractivity contribution in [3.05, 3.63) is 35.9 Å². The molecule has 7 nitrogen and oxygen atoms in total. The number of aliphatic carboxylic acids is 1. The fraction of sp³-hybridized carbons (Fsp3) is 0.600. The third-order valence-electron chi connectivity index (χ3n) is 4.99. The summed E-state index contributed by atoms with van der Waals surface area (Å²) in [4.78, 5) is 25.8. The van der Waals surface area contributed by atoms with E-state index >= 15 is 0 Å². The average Bonchev–Trinajstić information content (AvgIpc) is 2.85. The molecule has 168 valence electrons. The number of rotatable bonds is 5. The van der Waals surface area contributed by atoms with Crippen LogP contribution in [0.15, 0.2) is 30.3 Å². The van der Waals surface area contributed by atoms with Crippen LogP contribution in [0.25, 0.3) is 0 Å². The van der Waals surface area contributed by atoms with Crippen molar-refractivity contribution in [3.63, 3.8) is 0 Å². The molecule has 1 amide bonds. The minimum Gasteiger partial charge on any atom is -0.475 e. The molecule has 1 atom stereocenters. The molecule has 0 bridgehead atoms. The van der Waals surface area contributed by atoms with Gasteiger partial charge < -0.3 is 19.5 Å². The number of likely N-dealkylation sites (tertiary alicyclic amines) is 1. The van der Waals surface area contributed by atoms with Gasteiger partial charge in [0.2, 0.25) is 5.91 Å². The SMILES string of the molecule is COCCN1CCOCC2(CC(=O)N(Cc3ccccc3)C2)C1.O=C(O)C(F)(F)F. The van der Waals surface area contributed by atoms with Gasteiger partial charge in [0, 0.05) is 51.7 Å². The van der Waals surface area contributed by atoms with E-state index in [1.54, 1.807) is 7.11 Å². The number of hydrogen-bond acceptors (Lipinski definition) is 5. The molecule has 2 aliphatic heterocycles. The van der Waals surface area contributed by atoms with Gasteiger partial charge in [0.15, 0.2) is 0 Å². The quantitative estimate of drug-likeness (QED) is 0.767. The van der Waals surface area contributed by atoms with Gasteiger partial charge in [0.05, 0.1) is 19.8 Å². The summed E-state index contributed by atoms with van der Waals surface area (Å²) in [6.45, 7) is 6.33. The predicted octanol–water partition coefficient (Wildman–Crippen LogP) is 2.02. The topological polar surface area (TPSA) is 79.3 Å². The second-order valence-corrected chi connectivity index (χ2v) is 7.54. The number of ether oxygens (including phenoxy) is 2. The second-order valence-electron chi connectivity index (χ2n) is 7.54. The van der Waals surface area contributed by atoms with Crippen LogP contribution in [0.1, 0.15) is 12.0 Å². The van der Waals surface area contributed by atoms with Crippen LogP contribution in [0, 0.1) is 5.41 Å². The highest BCUT2D eigenvalue weighted by Crippen LogP contribution is 2.35. The third kappa shape index (κ3) is 7.26. The molecule has 1 unspecified atom stereocenters. The third-order valence-corrected chi connectivity index (χ3v) is 4.99. The van der Waals surface area contributed by atoms with Crippen LogP contribution in [0.4, 0.5) is 13.2 Å². The predicted molar refractivity (Wildman–Crippen MR) is 102 cm³/mol. The van der Waals surface area contributed by atoms with Gasteiger partial charge >= 0.3 is 12.1 Å². The van der Waals surface area contributed by atoms with Crippen molar-refractivity contribution >= 4 is 11.9 Å². The maximum atomic E-state index is 12.5. The zero-order valence-electron chi connectivity index (χ0n) is 16.9. The number of amides is 1. The van der Waals surface area contributed by atoms with Crippen molar-refractivity contribution < 1.29 is 37.3 Å². The molecule has 0 aromatic heterocycles. The molecule has 2 saturated heterocycles. The van der Waals surface area contributed by atoms with Crippen LogP contribution in [0.2, 0.25) is 0 Å². The van der Waals surface area contributed by atoms with Crippen molar-refractivity contribution in [3.8, 4) is 0 Å². The summed E-state index contributed by atoms with van der Waals surface area (Å²) in [6, 6.07) is 10.2. The van der Waals surface area contributed by atoms with E-state index in [1.165, 1.54) is 5.56 Å². The van der Waals surface area contributed by atoms with Gasteiger partial charge in [-0.15, -0.1) is 0 Å². The first-order valence-electron chi connectivity index (χ1n) is 9.56. The zero-order valence-corrected chi connectivity index (χ0v) is 16.9. The average molecular weight is 432 g/mol. The molecule has 30 heavy (non-hydrogen) atoms. The zero-order chi connectivity index (χ0) is 22.2. The summed E-state index contributed by atoms with van der Waals surface area (Å²) >= 11 is 0. The molecule has 2 aliphatic rings. The van der Waals surface area contributed by atoms with Crippen molar-refractivity contribution in [2.75, 3.05) is 53.1 Å². The molecule has 2 fully saturated rings. The summed E-state index contributed by atoms with van der Waals surface area (Å²) in [6.07, 6.45) is -4.50. The van der Waals surface area contributed by atoms with Gasteiger partial charge in [-0.2, -0.15) is 13.2 Å². The molecule has 3 rings (SSSR count). The minimum atomic E-state index is -5.08. The van der Waals surface area contributed by atoms with Gasteiger partial charge in [0.25, 0.3) is 0 Å². The fourth-order valence-electron chi connectivity index (χ4n) is 3.62. The smallest absolute Gasteiger partial charge is 0.475 e. The number of benzene rings is 1. The molecular weight excluding hydrogens is 405 g/mol. The number of hydrogen-bond donors (Lipinski definition) is 1. The van der Waals surface area contributed by atoms with E-state index < -0.39 is 12.1 Å². The molecule has 0 saturated carbocycles. The number of alkyl halides is 3. The Labute approximate surface area is 173 Å². The molecule has 1 aromatic carbocycles. The first-order valence-corrected chi connectivity index (χ1v) is 9.56. The Balaban J connectivity index is 0.000000396. The Kier molecular flexibility index (Phi) is 8.63. The number of halogens is 3. The van der Waals surface area contributed by atoms with Crippen LogP contribution in [-0.2, 0) is 25.6 Å². The maximum Gasteiger partial charge on any atom is 0.490 e. The first kappa shape index (κ1) is 24.1. The Morgan fingerprint density at radius 1 is 1.27 bits per heavy atom. The van der Waals surface area contributed by atoms with Crippen LogP contribution >= 0.6 is 0 Å². The highest BCUT2D eigenvalue weighted by atomic mass is 19.4. The Hall–Kier alpha value is -2.17. The Bertz CT molecular complexity index is 701. The number of carbonyl (C=O) groups excluding carboxylic acids is 1. The van der Waals surface area contributed by atoms with Crippen LogP contribution in [0.5, 0.6) is 0 Å². The molecule has 2 heterocycles. The Morgan fingerprint density at radius 3 is 2.53 bits per heavy atom. The molecule has 1 spiro atoms. The van der Waals surface area contributed by atoms with E-state index in [1.807, 2.05) is 23.1 Å². The monoisotopic (exact) mass is 432 g/mol. The summed E-state index contributed by atoms with van der Waals surface area (Å²) in [5.74, 6) is -2.52. The molecule has 0 radical (unpaired) electrons. The van der Waals surface area contributed by atoms with Crippen molar-refractivity contribution in [1.29, 1.82) is 0 Å². The van der Waals surface area contributed by atoms with Gasteiger partial charge in [0.1, 0.15) is 0 Å². The highest BCUT2D eigenvalue weighted by Gasteiger charge is 2.45. The normalized spacial score (nSPS) is 22.5. The number of carboxylic acid groups (broad SMARTS) is 1. The number of methoxy groups -OCH3 is 1. The molecule has 1 N–H and O–H groups in total. The van der Waals surface area contributed by atoms with Crippen LogP contribution in [0.3, 0.4) is 0 Å². The summed E-state index contributed by atoms with van der Waals surface area (Å²) in [5.41, 5.74) is 1.11. The van der Waals surface area contributed by atoms with Gasteiger partial charge in [-0.25, -0.2) is 4.79 Å². The van der Waals surface area contributed by atoms with E-state index in [2.05, 4.69) is 17.0 Å². The largest absolute Gasteiger partial charge is 0.490 e. The van der Waals surface area contributed by atoms with Crippen LogP contribution < -0.4 is 0 Å². The lowest BCUT2D eigenvalue weighted by Crippen LogP contribution is -2.41. The van der Waals surface area contributed by atoms with Crippen LogP contribution in [-0.4, -0.2) is 86.1 Å². The number of carboxylic acids is 1. The van der Waals surface area contributed by atoms with Crippen molar-refractivity contribution in [2.24, 2.45) is 5.41 Å². The van der Waals surface area contributed by atoms with Gasteiger partial charge in [-0.3, -0.25) is 9.69 Å². The van der Waals surface area contributed by atoms with Gasteiger partial charge in [-0.1, -0.05) is 30.3 Å². The Morgan fingerprint density at radius 2 is 1.93 bits per heavy atom. The lowest BCUT2D eigenvalue weighted by molar-refractivity contribution is -0.192. The van der Waals surface area contributed by atoms with Gasteiger partial charge in [-0.05, 0) is 5.56 Å². The first-order chi connectivity index (χ1) is 14.1. The number of carbonyl (C=O) groups is 2. The molecular formula is C20H27F3N2O5. The van der Waals surface area contributed by atoms with E-state index in [-0.39, 0.29) is 11.3 Å². The highest BCUT2D eigenvalue weighted by molar-refractivity contribution is 5.79. The number of nitrogens with zero attached hydrogens (tertiary/aromatic N) is 2. The minimum absolute atomic E-state index is 0.0733. The van der Waals surface area contributed by atoms with Crippen molar-refractivity contribution in [1.82, 2.24) is 9.80 Å². The van der Waals surface area contributed by atoms with E-state index in [4.69, 9.17) is 19.4 Å². The second kappa shape index (κ2) is 10.7. The lowest BCUT2D eigenvalue weighted by atomic mass is 9.87. The molecule has 10 heteroatoms. The van der Waals surface area contributed by atoms with E-state index in [0.29, 0.717) is 19.6 Å². The van der Waals surface area contributed by atoms with E-state index in [9.17, 15) is 18.0 Å². The standard InChI is InChI=1S/C18H26N2O3.C2HF3O2/c1-22-9-7-19-8-10-23-15-18(13-19)11-17(21)20(14-18)12-16-5-3-2-4-6-16;3-2(4,5)1(6)7/h2-6H,7-15H2,1H3;(H,6,7). The summed E-state index contributed by atoms with van der Waals surface area (Å²) in [5, 5.41) is 7.12. The molecule has 1 aromatic rings. The lowest BCUT2D eigenvalue weighted by Gasteiger charge is -2.31. The summed E-state index contributed by atoms with van der Waals surface area (Å²) < 4.78 is 42.8. The fourth-order valence-corrected chi connectivity index (χ4v) is 3.62.